The van der Waals surface area contributed by atoms with Crippen LogP contribution >= 0.6 is 0 Å². The smallest absolute Gasteiger partial charge is 0.331 e. The minimum atomic E-state index is -0.433. The average molecular weight is 206 g/mol. The summed E-state index contributed by atoms with van der Waals surface area (Å²) in [6, 6.07) is 6.60. The zero-order chi connectivity index (χ0) is 10.8. The van der Waals surface area contributed by atoms with Crippen LogP contribution in [0.15, 0.2) is 24.3 Å². The van der Waals surface area contributed by atoms with Gasteiger partial charge in [-0.2, -0.15) is 0 Å². The van der Waals surface area contributed by atoms with Crippen LogP contribution in [-0.4, -0.2) is 25.6 Å². The summed E-state index contributed by atoms with van der Waals surface area (Å²) < 4.78 is 5.00. The first-order valence-corrected chi connectivity index (χ1v) is 4.51. The Labute approximate surface area is 86.6 Å². The van der Waals surface area contributed by atoms with Crippen LogP contribution < -0.4 is 15.0 Å². The molecule has 0 bridgehead atoms. The van der Waals surface area contributed by atoms with Crippen molar-refractivity contribution in [2.75, 3.05) is 18.5 Å². The Balaban J connectivity index is 2.42. The van der Waals surface area contributed by atoms with E-state index in [1.54, 1.807) is 24.3 Å². The lowest BCUT2D eigenvalue weighted by Crippen LogP contribution is -2.45. The molecule has 0 unspecified atom stereocenters. The standard InChI is InChI=1S/C10H10N2O3/c1-11-10(14)12-6-9(13)15-8-5-3-2-4-7(8)12/h2-5H,6H2,1H3,(H,11,14). The number of rotatable bonds is 0. The predicted octanol–water partition coefficient (Wildman–Crippen LogP) is 0.751. The van der Waals surface area contributed by atoms with Gasteiger partial charge >= 0.3 is 12.0 Å². The second kappa shape index (κ2) is 3.61. The summed E-state index contributed by atoms with van der Waals surface area (Å²) in [5, 5.41) is 2.48. The molecule has 5 heteroatoms. The molecule has 0 radical (unpaired) electrons. The fraction of sp³-hybridized carbons (Fsp3) is 0.200. The third kappa shape index (κ3) is 1.63. The molecule has 1 aromatic carbocycles. The summed E-state index contributed by atoms with van der Waals surface area (Å²) in [4.78, 5) is 24.0. The Bertz CT molecular complexity index is 417. The number of benzene rings is 1. The van der Waals surface area contributed by atoms with Gasteiger partial charge in [-0.05, 0) is 12.1 Å². The van der Waals surface area contributed by atoms with Gasteiger partial charge in [-0.3, -0.25) is 4.90 Å². The lowest BCUT2D eigenvalue weighted by atomic mass is 10.2. The van der Waals surface area contributed by atoms with Crippen LogP contribution in [0, 0.1) is 0 Å². The summed E-state index contributed by atoms with van der Waals surface area (Å²) in [5.74, 6) is -0.0188. The van der Waals surface area contributed by atoms with E-state index in [2.05, 4.69) is 5.32 Å². The topological polar surface area (TPSA) is 58.6 Å². The van der Waals surface area contributed by atoms with E-state index < -0.39 is 5.97 Å². The molecule has 15 heavy (non-hydrogen) atoms. The molecule has 2 rings (SSSR count). The van der Waals surface area contributed by atoms with Gasteiger partial charge in [-0.15, -0.1) is 0 Å². The van der Waals surface area contributed by atoms with Crippen molar-refractivity contribution < 1.29 is 14.3 Å². The zero-order valence-corrected chi connectivity index (χ0v) is 8.19. The number of hydrogen-bond donors (Lipinski definition) is 1. The number of hydrogen-bond acceptors (Lipinski definition) is 3. The van der Waals surface area contributed by atoms with Crippen molar-refractivity contribution in [1.29, 1.82) is 0 Å². The van der Waals surface area contributed by atoms with Gasteiger partial charge in [0.1, 0.15) is 6.54 Å². The molecule has 5 nitrogen and oxygen atoms in total. The SMILES string of the molecule is CNC(=O)N1CC(=O)Oc2ccccc21. The summed E-state index contributed by atoms with van der Waals surface area (Å²) in [6.45, 7) is -0.0588. The maximum absolute atomic E-state index is 11.5. The number of nitrogens with zero attached hydrogens (tertiary/aromatic N) is 1. The Morgan fingerprint density at radius 1 is 1.47 bits per heavy atom. The van der Waals surface area contributed by atoms with E-state index in [1.165, 1.54) is 11.9 Å². The van der Waals surface area contributed by atoms with Crippen LogP contribution in [0.5, 0.6) is 5.75 Å². The van der Waals surface area contributed by atoms with Crippen molar-refractivity contribution in [3.05, 3.63) is 24.3 Å². The molecular weight excluding hydrogens is 196 g/mol. The zero-order valence-electron chi connectivity index (χ0n) is 8.19. The van der Waals surface area contributed by atoms with E-state index in [0.29, 0.717) is 11.4 Å². The van der Waals surface area contributed by atoms with Crippen molar-refractivity contribution in [2.45, 2.75) is 0 Å². The van der Waals surface area contributed by atoms with Gasteiger partial charge in [0.15, 0.2) is 5.75 Å². The van der Waals surface area contributed by atoms with E-state index in [0.717, 1.165) is 0 Å². The molecule has 2 amide bonds. The quantitative estimate of drug-likeness (QED) is 0.503. The highest BCUT2D eigenvalue weighted by Gasteiger charge is 2.27. The first kappa shape index (κ1) is 9.51. The summed E-state index contributed by atoms with van der Waals surface area (Å²) in [6.07, 6.45) is 0. The van der Waals surface area contributed by atoms with Gasteiger partial charge in [0.2, 0.25) is 0 Å². The lowest BCUT2D eigenvalue weighted by Gasteiger charge is -2.27. The molecule has 0 saturated heterocycles. The largest absolute Gasteiger partial charge is 0.423 e. The summed E-state index contributed by atoms with van der Waals surface area (Å²) in [7, 11) is 1.52. The lowest BCUT2D eigenvalue weighted by molar-refractivity contribution is -0.133. The van der Waals surface area contributed by atoms with Crippen molar-refractivity contribution in [3.63, 3.8) is 0 Å². The molecule has 1 aliphatic rings. The minimum absolute atomic E-state index is 0.0588. The normalized spacial score (nSPS) is 14.2. The second-order valence-electron chi connectivity index (χ2n) is 3.08. The third-order valence-electron chi connectivity index (χ3n) is 2.13. The number of para-hydroxylation sites is 2. The predicted molar refractivity (Wildman–Crippen MR) is 53.9 cm³/mol. The fourth-order valence-electron chi connectivity index (χ4n) is 1.45. The summed E-state index contributed by atoms with van der Waals surface area (Å²) in [5.41, 5.74) is 0.608. The molecule has 0 aliphatic carbocycles. The number of esters is 1. The summed E-state index contributed by atoms with van der Waals surface area (Å²) >= 11 is 0. The van der Waals surface area contributed by atoms with Gasteiger partial charge in [0, 0.05) is 7.05 Å². The number of nitrogens with one attached hydrogen (secondary N) is 1. The van der Waals surface area contributed by atoms with E-state index in [4.69, 9.17) is 4.74 Å². The van der Waals surface area contributed by atoms with Gasteiger partial charge in [0.25, 0.3) is 0 Å². The van der Waals surface area contributed by atoms with Crippen molar-refractivity contribution in [1.82, 2.24) is 5.32 Å². The van der Waals surface area contributed by atoms with Gasteiger partial charge in [0.05, 0.1) is 5.69 Å². The molecular formula is C10H10N2O3. The molecule has 78 valence electrons. The van der Waals surface area contributed by atoms with Crippen LogP contribution in [0.1, 0.15) is 0 Å². The van der Waals surface area contributed by atoms with Gasteiger partial charge in [-0.25, -0.2) is 9.59 Å². The van der Waals surface area contributed by atoms with Crippen LogP contribution in [0.4, 0.5) is 10.5 Å². The van der Waals surface area contributed by atoms with E-state index >= 15 is 0 Å². The number of anilines is 1. The molecule has 1 heterocycles. The van der Waals surface area contributed by atoms with Crippen molar-refractivity contribution in [2.24, 2.45) is 0 Å². The number of carbonyl (C=O) groups is 2. The molecule has 1 aliphatic heterocycles. The second-order valence-corrected chi connectivity index (χ2v) is 3.08. The average Bonchev–Trinajstić information content (AvgIpc) is 2.26. The Hall–Kier alpha value is -2.04. The minimum Gasteiger partial charge on any atom is -0.423 e. The Kier molecular flexibility index (Phi) is 2.29. The number of ether oxygens (including phenoxy) is 1. The van der Waals surface area contributed by atoms with Crippen molar-refractivity contribution in [3.8, 4) is 5.75 Å². The monoisotopic (exact) mass is 206 g/mol. The highest BCUT2D eigenvalue weighted by Crippen LogP contribution is 2.31. The number of carbonyl (C=O) groups excluding carboxylic acids is 2. The van der Waals surface area contributed by atoms with E-state index in [1.807, 2.05) is 0 Å². The fourth-order valence-corrected chi connectivity index (χ4v) is 1.45. The molecule has 0 fully saturated rings. The van der Waals surface area contributed by atoms with E-state index in [9.17, 15) is 9.59 Å². The number of urea groups is 1. The molecule has 0 saturated carbocycles. The van der Waals surface area contributed by atoms with Crippen LogP contribution in [0.25, 0.3) is 0 Å². The van der Waals surface area contributed by atoms with Crippen LogP contribution in [0.3, 0.4) is 0 Å². The van der Waals surface area contributed by atoms with Crippen LogP contribution in [0.2, 0.25) is 0 Å². The maximum Gasteiger partial charge on any atom is 0.331 e. The van der Waals surface area contributed by atoms with Gasteiger partial charge in [-0.1, -0.05) is 12.1 Å². The third-order valence-corrected chi connectivity index (χ3v) is 2.13. The first-order chi connectivity index (χ1) is 7.22. The Morgan fingerprint density at radius 3 is 2.93 bits per heavy atom. The molecule has 0 spiro atoms. The van der Waals surface area contributed by atoms with Crippen LogP contribution in [-0.2, 0) is 4.79 Å². The van der Waals surface area contributed by atoms with Crippen molar-refractivity contribution >= 4 is 17.7 Å². The maximum atomic E-state index is 11.5. The van der Waals surface area contributed by atoms with E-state index in [-0.39, 0.29) is 12.6 Å². The van der Waals surface area contributed by atoms with Gasteiger partial charge < -0.3 is 10.1 Å². The first-order valence-electron chi connectivity index (χ1n) is 4.51. The molecule has 0 atom stereocenters. The highest BCUT2D eigenvalue weighted by molar-refractivity contribution is 6.00. The Morgan fingerprint density at radius 2 is 2.20 bits per heavy atom. The highest BCUT2D eigenvalue weighted by atomic mass is 16.5. The number of amides is 2. The molecule has 1 N–H and O–H groups in total. The number of fused-ring (bicyclic) bond motifs is 1. The molecule has 1 aromatic rings. The molecule has 0 aromatic heterocycles.